The van der Waals surface area contributed by atoms with Crippen molar-refractivity contribution in [1.29, 1.82) is 0 Å². The Hall–Kier alpha value is -1.11. The summed E-state index contributed by atoms with van der Waals surface area (Å²) in [6.07, 6.45) is -0.464. The lowest BCUT2D eigenvalue weighted by molar-refractivity contribution is -0.128. The van der Waals surface area contributed by atoms with Crippen molar-refractivity contribution in [3.8, 4) is 0 Å². The van der Waals surface area contributed by atoms with E-state index < -0.39 is 6.10 Å². The molecule has 0 aromatic carbocycles. The summed E-state index contributed by atoms with van der Waals surface area (Å²) in [6.45, 7) is 7.91. The Balaban J connectivity index is 0.00000180. The van der Waals surface area contributed by atoms with Gasteiger partial charge >= 0.3 is 0 Å². The van der Waals surface area contributed by atoms with Crippen LogP contribution in [-0.2, 0) is 14.9 Å². The third-order valence-electron chi connectivity index (χ3n) is 2.72. The highest BCUT2D eigenvalue weighted by molar-refractivity contribution is 5.93. The molecular weight excluding hydrogens is 270 g/mol. The molecule has 1 saturated heterocycles. The van der Waals surface area contributed by atoms with Gasteiger partial charge in [-0.05, 0) is 0 Å². The van der Waals surface area contributed by atoms with E-state index in [-0.39, 0.29) is 23.7 Å². The maximum absolute atomic E-state index is 11.9. The fourth-order valence-electron chi connectivity index (χ4n) is 1.63. The zero-order chi connectivity index (χ0) is 13.2. The van der Waals surface area contributed by atoms with Crippen molar-refractivity contribution in [1.82, 2.24) is 10.5 Å². The van der Waals surface area contributed by atoms with Crippen molar-refractivity contribution in [2.24, 2.45) is 0 Å². The van der Waals surface area contributed by atoms with Crippen molar-refractivity contribution >= 4 is 24.1 Å². The second-order valence-electron chi connectivity index (χ2n) is 5.38. The fraction of sp³-hybridized carbons (Fsp3) is 0.667. The maximum atomic E-state index is 11.9. The van der Waals surface area contributed by atoms with Gasteiger partial charge in [0, 0.05) is 24.6 Å². The molecule has 2 N–H and O–H groups in total. The highest BCUT2D eigenvalue weighted by atomic mass is 35.5. The van der Waals surface area contributed by atoms with E-state index in [4.69, 9.17) is 9.26 Å². The van der Waals surface area contributed by atoms with Gasteiger partial charge in [-0.3, -0.25) is 4.79 Å². The van der Waals surface area contributed by atoms with Gasteiger partial charge in [-0.25, -0.2) is 0 Å². The van der Waals surface area contributed by atoms with Gasteiger partial charge in [0.2, 0.25) is 0 Å². The van der Waals surface area contributed by atoms with Crippen molar-refractivity contribution in [3.05, 3.63) is 11.8 Å². The van der Waals surface area contributed by atoms with E-state index in [0.717, 1.165) is 12.3 Å². The number of anilines is 1. The van der Waals surface area contributed by atoms with Crippen molar-refractivity contribution in [2.75, 3.05) is 25.0 Å². The second-order valence-corrected chi connectivity index (χ2v) is 5.38. The maximum Gasteiger partial charge on any atom is 0.256 e. The summed E-state index contributed by atoms with van der Waals surface area (Å²) in [4.78, 5) is 11.9. The fourth-order valence-corrected chi connectivity index (χ4v) is 1.63. The van der Waals surface area contributed by atoms with Crippen LogP contribution in [0.25, 0.3) is 0 Å². The Morgan fingerprint density at radius 1 is 1.53 bits per heavy atom. The Morgan fingerprint density at radius 2 is 2.26 bits per heavy atom. The first kappa shape index (κ1) is 15.9. The van der Waals surface area contributed by atoms with Crippen LogP contribution in [0.5, 0.6) is 0 Å². The molecule has 1 unspecified atom stereocenters. The number of hydrogen-bond donors (Lipinski definition) is 2. The molecule has 2 heterocycles. The minimum Gasteiger partial charge on any atom is -0.366 e. The Morgan fingerprint density at radius 3 is 2.79 bits per heavy atom. The lowest BCUT2D eigenvalue weighted by atomic mass is 9.93. The van der Waals surface area contributed by atoms with E-state index in [1.54, 1.807) is 6.07 Å². The van der Waals surface area contributed by atoms with Crippen LogP contribution >= 0.6 is 12.4 Å². The number of ether oxygens (including phenoxy) is 1. The van der Waals surface area contributed by atoms with Gasteiger partial charge in [-0.15, -0.1) is 12.4 Å². The smallest absolute Gasteiger partial charge is 0.256 e. The molecule has 108 valence electrons. The monoisotopic (exact) mass is 289 g/mol. The van der Waals surface area contributed by atoms with Crippen LogP contribution in [0.1, 0.15) is 26.5 Å². The van der Waals surface area contributed by atoms with Gasteiger partial charge in [-0.2, -0.15) is 0 Å². The first-order valence-corrected chi connectivity index (χ1v) is 6.07. The van der Waals surface area contributed by atoms with Gasteiger partial charge in [0.05, 0.1) is 6.61 Å². The highest BCUT2D eigenvalue weighted by Gasteiger charge is 2.24. The molecule has 0 spiro atoms. The highest BCUT2D eigenvalue weighted by Crippen LogP contribution is 2.24. The first-order chi connectivity index (χ1) is 8.47. The largest absolute Gasteiger partial charge is 0.366 e. The number of aromatic nitrogens is 1. The number of amides is 1. The predicted octanol–water partition coefficient (Wildman–Crippen LogP) is 1.32. The molecule has 19 heavy (non-hydrogen) atoms. The summed E-state index contributed by atoms with van der Waals surface area (Å²) in [5, 5.41) is 9.63. The molecule has 2 rings (SSSR count). The van der Waals surface area contributed by atoms with Gasteiger partial charge < -0.3 is 19.9 Å². The van der Waals surface area contributed by atoms with E-state index in [1.807, 2.05) is 20.8 Å². The van der Waals surface area contributed by atoms with Gasteiger partial charge in [0.15, 0.2) is 5.82 Å². The van der Waals surface area contributed by atoms with Gasteiger partial charge in [0.25, 0.3) is 5.91 Å². The summed E-state index contributed by atoms with van der Waals surface area (Å²) in [6, 6.07) is 1.74. The van der Waals surface area contributed by atoms with E-state index in [0.29, 0.717) is 19.0 Å². The van der Waals surface area contributed by atoms with Crippen LogP contribution < -0.4 is 10.6 Å². The predicted molar refractivity (Wildman–Crippen MR) is 73.7 cm³/mol. The van der Waals surface area contributed by atoms with Crippen LogP contribution in [0.3, 0.4) is 0 Å². The molecular formula is C12H20ClN3O3. The SMILES string of the molecule is CC(C)(C)c1cc(NC(=O)C2CNCCO2)no1.Cl. The van der Waals surface area contributed by atoms with Gasteiger partial charge in [-0.1, -0.05) is 25.9 Å². The molecule has 6 nitrogen and oxygen atoms in total. The summed E-state index contributed by atoms with van der Waals surface area (Å²) in [5.41, 5.74) is -0.126. The summed E-state index contributed by atoms with van der Waals surface area (Å²) >= 11 is 0. The number of hydrogen-bond acceptors (Lipinski definition) is 5. The quantitative estimate of drug-likeness (QED) is 0.859. The summed E-state index contributed by atoms with van der Waals surface area (Å²) < 4.78 is 10.5. The van der Waals surface area contributed by atoms with Crippen LogP contribution in [-0.4, -0.2) is 36.9 Å². The normalized spacial score (nSPS) is 19.6. The van der Waals surface area contributed by atoms with Crippen molar-refractivity contribution in [2.45, 2.75) is 32.3 Å². The number of nitrogens with zero attached hydrogens (tertiary/aromatic N) is 1. The molecule has 1 aromatic heterocycles. The summed E-state index contributed by atoms with van der Waals surface area (Å²) in [7, 11) is 0. The minimum absolute atomic E-state index is 0. The topological polar surface area (TPSA) is 76.4 Å². The number of morpholine rings is 1. The van der Waals surface area contributed by atoms with E-state index in [2.05, 4.69) is 15.8 Å². The Kier molecular flexibility index (Phi) is 5.34. The number of carbonyl (C=O) groups excluding carboxylic acids is 1. The average molecular weight is 290 g/mol. The molecule has 1 aromatic rings. The molecule has 1 aliphatic heterocycles. The number of carbonyl (C=O) groups is 1. The zero-order valence-electron chi connectivity index (χ0n) is 11.4. The third kappa shape index (κ3) is 4.19. The Bertz CT molecular complexity index is 422. The van der Waals surface area contributed by atoms with Crippen LogP contribution in [0.2, 0.25) is 0 Å². The zero-order valence-corrected chi connectivity index (χ0v) is 12.2. The lowest BCUT2D eigenvalue weighted by Gasteiger charge is -2.22. The van der Waals surface area contributed by atoms with Crippen molar-refractivity contribution < 1.29 is 14.1 Å². The molecule has 0 saturated carbocycles. The number of nitrogens with one attached hydrogen (secondary N) is 2. The minimum atomic E-state index is -0.464. The molecule has 1 aliphatic rings. The summed E-state index contributed by atoms with van der Waals surface area (Å²) in [5.74, 6) is 0.968. The Labute approximate surface area is 118 Å². The van der Waals surface area contributed by atoms with Crippen LogP contribution in [0.15, 0.2) is 10.6 Å². The third-order valence-corrected chi connectivity index (χ3v) is 2.72. The van der Waals surface area contributed by atoms with E-state index in [9.17, 15) is 4.79 Å². The molecule has 1 fully saturated rings. The van der Waals surface area contributed by atoms with E-state index >= 15 is 0 Å². The van der Waals surface area contributed by atoms with E-state index in [1.165, 1.54) is 0 Å². The van der Waals surface area contributed by atoms with Crippen LogP contribution in [0, 0.1) is 0 Å². The molecule has 1 amide bonds. The van der Waals surface area contributed by atoms with Crippen molar-refractivity contribution in [3.63, 3.8) is 0 Å². The molecule has 7 heteroatoms. The lowest BCUT2D eigenvalue weighted by Crippen LogP contribution is -2.45. The molecule has 0 radical (unpaired) electrons. The average Bonchev–Trinajstić information content (AvgIpc) is 2.78. The second kappa shape index (κ2) is 6.36. The molecule has 0 bridgehead atoms. The number of halogens is 1. The van der Waals surface area contributed by atoms with Gasteiger partial charge in [0.1, 0.15) is 11.9 Å². The number of rotatable bonds is 2. The standard InChI is InChI=1S/C12H19N3O3.ClH/c1-12(2,3)9-6-10(15-18-9)14-11(16)8-7-13-4-5-17-8;/h6,8,13H,4-5,7H2,1-3H3,(H,14,15,16);1H. The molecule has 0 aliphatic carbocycles. The molecule has 1 atom stereocenters. The first-order valence-electron chi connectivity index (χ1n) is 6.07. The van der Waals surface area contributed by atoms with Crippen LogP contribution in [0.4, 0.5) is 5.82 Å².